The molecule has 1 amide bonds. The van der Waals surface area contributed by atoms with Gasteiger partial charge in [-0.15, -0.1) is 0 Å². The molecular weight excluding hydrogens is 320 g/mol. The first kappa shape index (κ1) is 15.3. The van der Waals surface area contributed by atoms with Crippen LogP contribution in [0.3, 0.4) is 0 Å². The molecule has 3 aromatic rings. The molecule has 2 heterocycles. The maximum atomic E-state index is 12.6. The van der Waals surface area contributed by atoms with Crippen LogP contribution >= 0.6 is 0 Å². The van der Waals surface area contributed by atoms with Crippen molar-refractivity contribution >= 4 is 28.3 Å². The number of aryl methyl sites for hydroxylation is 1. The fraction of sp³-hybridized carbons (Fsp3) is 0.222. The summed E-state index contributed by atoms with van der Waals surface area (Å²) in [6.07, 6.45) is 1.33. The fourth-order valence-electron chi connectivity index (χ4n) is 3.33. The van der Waals surface area contributed by atoms with Crippen molar-refractivity contribution in [2.45, 2.75) is 19.3 Å². The smallest absolute Gasteiger partial charge is 0.274 e. The topological polar surface area (TPSA) is 92.1 Å². The zero-order chi connectivity index (χ0) is 17.4. The molecule has 1 aromatic heterocycles. The molecule has 2 aromatic carbocycles. The lowest BCUT2D eigenvalue weighted by Gasteiger charge is -2.16. The number of H-pyrrole nitrogens is 1. The minimum absolute atomic E-state index is 0.0419. The van der Waals surface area contributed by atoms with E-state index < -0.39 is 0 Å². The van der Waals surface area contributed by atoms with Crippen LogP contribution in [0.25, 0.3) is 11.0 Å². The van der Waals surface area contributed by atoms with Crippen LogP contribution in [-0.2, 0) is 17.6 Å². The summed E-state index contributed by atoms with van der Waals surface area (Å²) in [6.45, 7) is 0.485. The summed E-state index contributed by atoms with van der Waals surface area (Å²) in [5.41, 5.74) is 3.22. The molecule has 0 aliphatic carbocycles. The molecule has 25 heavy (non-hydrogen) atoms. The number of nitro groups is 1. The van der Waals surface area contributed by atoms with Crippen LogP contribution in [-0.4, -0.2) is 27.3 Å². The molecule has 7 heteroatoms. The zero-order valence-corrected chi connectivity index (χ0v) is 13.4. The van der Waals surface area contributed by atoms with Gasteiger partial charge in [0.2, 0.25) is 5.91 Å². The predicted octanol–water partition coefficient (Wildman–Crippen LogP) is 2.99. The summed E-state index contributed by atoms with van der Waals surface area (Å²) in [5.74, 6) is 0.729. The van der Waals surface area contributed by atoms with Crippen LogP contribution < -0.4 is 4.90 Å². The average molecular weight is 336 g/mol. The van der Waals surface area contributed by atoms with Gasteiger partial charge in [-0.25, -0.2) is 4.98 Å². The number of anilines is 1. The lowest BCUT2D eigenvalue weighted by Crippen LogP contribution is -2.29. The predicted molar refractivity (Wildman–Crippen MR) is 93.6 cm³/mol. The Balaban J connectivity index is 1.50. The molecule has 0 fully saturated rings. The number of para-hydroxylation sites is 2. The number of nitro benzene ring substituents is 1. The number of nitrogens with zero attached hydrogens (tertiary/aromatic N) is 3. The van der Waals surface area contributed by atoms with E-state index in [1.54, 1.807) is 17.0 Å². The van der Waals surface area contributed by atoms with Crippen molar-refractivity contribution in [3.63, 3.8) is 0 Å². The Hall–Kier alpha value is -3.22. The number of aromatic nitrogens is 2. The molecule has 0 saturated heterocycles. The molecule has 7 nitrogen and oxygen atoms in total. The van der Waals surface area contributed by atoms with Gasteiger partial charge in [-0.2, -0.15) is 0 Å². The van der Waals surface area contributed by atoms with Crippen LogP contribution in [0.5, 0.6) is 0 Å². The standard InChI is InChI=1S/C18H16N4O3/c23-18(9-8-17-19-13-4-1-2-5-14(13)20-17)21-11-10-12-15(21)6-3-7-16(12)22(24)25/h1-7H,8-11H2,(H,19,20). The van der Waals surface area contributed by atoms with Gasteiger partial charge in [-0.3, -0.25) is 14.9 Å². The molecule has 4 rings (SSSR count). The third-order valence-corrected chi connectivity index (χ3v) is 4.51. The normalized spacial score (nSPS) is 13.2. The SMILES string of the molecule is O=C(CCc1nc2ccccc2[nH]1)N1CCc2c1cccc2[N+](=O)[O-]. The Kier molecular flexibility index (Phi) is 3.68. The molecule has 0 spiro atoms. The number of fused-ring (bicyclic) bond motifs is 2. The van der Waals surface area contributed by atoms with E-state index in [0.29, 0.717) is 37.1 Å². The fourth-order valence-corrected chi connectivity index (χ4v) is 3.33. The summed E-state index contributed by atoms with van der Waals surface area (Å²) in [6, 6.07) is 12.6. The first-order valence-electron chi connectivity index (χ1n) is 8.14. The minimum atomic E-state index is -0.388. The van der Waals surface area contributed by atoms with Crippen molar-refractivity contribution in [1.29, 1.82) is 0 Å². The summed E-state index contributed by atoms with van der Waals surface area (Å²) >= 11 is 0. The molecular formula is C18H16N4O3. The number of nitrogens with one attached hydrogen (secondary N) is 1. The van der Waals surface area contributed by atoms with Crippen molar-refractivity contribution in [2.24, 2.45) is 0 Å². The number of hydrogen-bond acceptors (Lipinski definition) is 4. The molecule has 1 aliphatic rings. The lowest BCUT2D eigenvalue weighted by molar-refractivity contribution is -0.385. The van der Waals surface area contributed by atoms with Crippen LogP contribution in [0.1, 0.15) is 17.8 Å². The van der Waals surface area contributed by atoms with Gasteiger partial charge in [-0.1, -0.05) is 18.2 Å². The summed E-state index contributed by atoms with van der Waals surface area (Å²) < 4.78 is 0. The monoisotopic (exact) mass is 336 g/mol. The molecule has 0 unspecified atom stereocenters. The van der Waals surface area contributed by atoms with Gasteiger partial charge < -0.3 is 9.88 Å². The maximum Gasteiger partial charge on any atom is 0.274 e. The number of amides is 1. The third-order valence-electron chi connectivity index (χ3n) is 4.51. The van der Waals surface area contributed by atoms with Crippen LogP contribution in [0, 0.1) is 10.1 Å². The highest BCUT2D eigenvalue weighted by molar-refractivity contribution is 5.96. The van der Waals surface area contributed by atoms with Crippen molar-refractivity contribution in [1.82, 2.24) is 9.97 Å². The summed E-state index contributed by atoms with van der Waals surface area (Å²) in [7, 11) is 0. The zero-order valence-electron chi connectivity index (χ0n) is 13.4. The van der Waals surface area contributed by atoms with Gasteiger partial charge in [-0.05, 0) is 24.6 Å². The Morgan fingerprint density at radius 3 is 2.88 bits per heavy atom. The van der Waals surface area contributed by atoms with E-state index in [0.717, 1.165) is 16.9 Å². The minimum Gasteiger partial charge on any atom is -0.342 e. The van der Waals surface area contributed by atoms with Gasteiger partial charge in [0.25, 0.3) is 5.69 Å². The summed E-state index contributed by atoms with van der Waals surface area (Å²) in [5, 5.41) is 11.1. The van der Waals surface area contributed by atoms with Crippen molar-refractivity contribution < 1.29 is 9.72 Å². The number of imidazole rings is 1. The van der Waals surface area contributed by atoms with E-state index in [2.05, 4.69) is 9.97 Å². The van der Waals surface area contributed by atoms with Gasteiger partial charge in [0.05, 0.1) is 27.2 Å². The maximum absolute atomic E-state index is 12.6. The second-order valence-electron chi connectivity index (χ2n) is 6.03. The summed E-state index contributed by atoms with van der Waals surface area (Å²) in [4.78, 5) is 32.7. The van der Waals surface area contributed by atoms with Gasteiger partial charge in [0.1, 0.15) is 5.82 Å². The Labute approximate surface area is 143 Å². The Morgan fingerprint density at radius 1 is 1.24 bits per heavy atom. The molecule has 1 N–H and O–H groups in total. The van der Waals surface area contributed by atoms with Gasteiger partial charge in [0, 0.05) is 25.5 Å². The number of aromatic amines is 1. The second-order valence-corrected chi connectivity index (χ2v) is 6.03. The van der Waals surface area contributed by atoms with E-state index in [1.165, 1.54) is 6.07 Å². The second kappa shape index (κ2) is 6.01. The highest BCUT2D eigenvalue weighted by Gasteiger charge is 2.30. The van der Waals surface area contributed by atoms with Crippen molar-refractivity contribution in [2.75, 3.05) is 11.4 Å². The van der Waals surface area contributed by atoms with E-state index in [1.807, 2.05) is 24.3 Å². The van der Waals surface area contributed by atoms with Crippen LogP contribution in [0.2, 0.25) is 0 Å². The number of hydrogen-bond donors (Lipinski definition) is 1. The molecule has 0 radical (unpaired) electrons. The average Bonchev–Trinajstić information content (AvgIpc) is 3.22. The van der Waals surface area contributed by atoms with E-state index in [9.17, 15) is 14.9 Å². The van der Waals surface area contributed by atoms with Crippen molar-refractivity contribution in [3.8, 4) is 0 Å². The van der Waals surface area contributed by atoms with E-state index >= 15 is 0 Å². The molecule has 1 aliphatic heterocycles. The Bertz CT molecular complexity index is 946. The highest BCUT2D eigenvalue weighted by atomic mass is 16.6. The quantitative estimate of drug-likeness (QED) is 0.585. The molecule has 0 bridgehead atoms. The first-order chi connectivity index (χ1) is 12.1. The molecule has 0 saturated carbocycles. The van der Waals surface area contributed by atoms with Gasteiger partial charge in [0.15, 0.2) is 0 Å². The largest absolute Gasteiger partial charge is 0.342 e. The molecule has 126 valence electrons. The lowest BCUT2D eigenvalue weighted by atomic mass is 10.1. The number of rotatable bonds is 4. The van der Waals surface area contributed by atoms with E-state index in [4.69, 9.17) is 0 Å². The number of carbonyl (C=O) groups excluding carboxylic acids is 1. The molecule has 0 atom stereocenters. The number of carbonyl (C=O) groups is 1. The number of benzene rings is 2. The third kappa shape index (κ3) is 2.73. The van der Waals surface area contributed by atoms with Gasteiger partial charge >= 0.3 is 0 Å². The van der Waals surface area contributed by atoms with Crippen molar-refractivity contribution in [3.05, 3.63) is 64.0 Å². The highest BCUT2D eigenvalue weighted by Crippen LogP contribution is 2.35. The Morgan fingerprint density at radius 2 is 2.08 bits per heavy atom. The van der Waals surface area contributed by atoms with Crippen LogP contribution in [0.15, 0.2) is 42.5 Å². The first-order valence-corrected chi connectivity index (χ1v) is 8.14. The van der Waals surface area contributed by atoms with Crippen LogP contribution in [0.4, 0.5) is 11.4 Å². The van der Waals surface area contributed by atoms with E-state index in [-0.39, 0.29) is 16.5 Å².